The summed E-state index contributed by atoms with van der Waals surface area (Å²) < 4.78 is 0. The van der Waals surface area contributed by atoms with E-state index >= 15 is 0 Å². The van der Waals surface area contributed by atoms with Crippen LogP contribution in [0.25, 0.3) is 0 Å². The number of nitrogens with one attached hydrogen (secondary N) is 1. The van der Waals surface area contributed by atoms with E-state index in [4.69, 9.17) is 0 Å². The average Bonchev–Trinajstić information content (AvgIpc) is 2.39. The Labute approximate surface area is 96.8 Å². The zero-order valence-corrected chi connectivity index (χ0v) is 9.52. The third kappa shape index (κ3) is 1.73. The van der Waals surface area contributed by atoms with E-state index in [0.717, 1.165) is 5.92 Å². The molecule has 0 saturated heterocycles. The van der Waals surface area contributed by atoms with Crippen LogP contribution in [-0.2, 0) is 0 Å². The Morgan fingerprint density at radius 3 is 2.75 bits per heavy atom. The second-order valence-corrected chi connectivity index (χ2v) is 4.89. The molecule has 0 bridgehead atoms. The maximum atomic E-state index is 4.30. The molecule has 1 aliphatic carbocycles. The van der Waals surface area contributed by atoms with E-state index in [9.17, 15) is 0 Å². The van der Waals surface area contributed by atoms with Gasteiger partial charge in [-0.1, -0.05) is 43.5 Å². The van der Waals surface area contributed by atoms with Crippen molar-refractivity contribution in [1.82, 2.24) is 5.43 Å². The van der Waals surface area contributed by atoms with E-state index < -0.39 is 0 Å². The standard InChI is InChI=1S/C14H18N2/c1-2-6-11(7-3-1)14-13-9-5-4-8-12(13)10-15-16-14/h4-5,8-11,14,16H,1-3,6-7H2. The van der Waals surface area contributed by atoms with Crippen molar-refractivity contribution in [1.29, 1.82) is 0 Å². The number of nitrogens with zero attached hydrogens (tertiary/aromatic N) is 1. The lowest BCUT2D eigenvalue weighted by Crippen LogP contribution is -2.29. The second-order valence-electron chi connectivity index (χ2n) is 4.89. The van der Waals surface area contributed by atoms with Gasteiger partial charge < -0.3 is 5.43 Å². The molecule has 16 heavy (non-hydrogen) atoms. The molecule has 1 N–H and O–H groups in total. The van der Waals surface area contributed by atoms with Crippen LogP contribution in [0, 0.1) is 5.92 Å². The van der Waals surface area contributed by atoms with Crippen LogP contribution >= 0.6 is 0 Å². The van der Waals surface area contributed by atoms with Gasteiger partial charge in [0.05, 0.1) is 12.3 Å². The summed E-state index contributed by atoms with van der Waals surface area (Å²) in [6.45, 7) is 0. The van der Waals surface area contributed by atoms with Crippen LogP contribution in [0.15, 0.2) is 29.4 Å². The third-order valence-electron chi connectivity index (χ3n) is 3.87. The van der Waals surface area contributed by atoms with E-state index in [2.05, 4.69) is 34.8 Å². The average molecular weight is 214 g/mol. The molecule has 2 aliphatic rings. The van der Waals surface area contributed by atoms with Gasteiger partial charge in [-0.3, -0.25) is 0 Å². The Morgan fingerprint density at radius 1 is 1.06 bits per heavy atom. The van der Waals surface area contributed by atoms with Crippen LogP contribution in [-0.4, -0.2) is 6.21 Å². The third-order valence-corrected chi connectivity index (χ3v) is 3.87. The number of hydrogen-bond donors (Lipinski definition) is 1. The second kappa shape index (κ2) is 4.28. The Bertz CT molecular complexity index is 391. The summed E-state index contributed by atoms with van der Waals surface area (Å²) in [5, 5.41) is 4.30. The molecular formula is C14H18N2. The van der Waals surface area contributed by atoms with Gasteiger partial charge >= 0.3 is 0 Å². The van der Waals surface area contributed by atoms with Gasteiger partial charge in [0.2, 0.25) is 0 Å². The smallest absolute Gasteiger partial charge is 0.0723 e. The van der Waals surface area contributed by atoms with Gasteiger partial charge in [0.1, 0.15) is 0 Å². The predicted octanol–water partition coefficient (Wildman–Crippen LogP) is 3.25. The summed E-state index contributed by atoms with van der Waals surface area (Å²) >= 11 is 0. The Balaban J connectivity index is 1.88. The fourth-order valence-electron chi connectivity index (χ4n) is 3.00. The molecule has 0 radical (unpaired) electrons. The minimum atomic E-state index is 0.446. The van der Waals surface area contributed by atoms with E-state index in [-0.39, 0.29) is 0 Å². The molecule has 0 amide bonds. The van der Waals surface area contributed by atoms with Gasteiger partial charge in [-0.25, -0.2) is 0 Å². The SMILES string of the molecule is C1=NNC(C2CCCCC2)c2ccccc21. The molecule has 1 aromatic carbocycles. The highest BCUT2D eigenvalue weighted by molar-refractivity contribution is 5.82. The lowest BCUT2D eigenvalue weighted by atomic mass is 9.80. The summed E-state index contributed by atoms with van der Waals surface area (Å²) in [6, 6.07) is 9.08. The fraction of sp³-hybridized carbons (Fsp3) is 0.500. The summed E-state index contributed by atoms with van der Waals surface area (Å²) in [4.78, 5) is 0. The van der Waals surface area contributed by atoms with E-state index in [0.29, 0.717) is 6.04 Å². The first-order valence-electron chi connectivity index (χ1n) is 6.33. The first kappa shape index (κ1) is 9.88. The molecule has 84 valence electrons. The van der Waals surface area contributed by atoms with Crippen LogP contribution < -0.4 is 5.43 Å². The summed E-state index contributed by atoms with van der Waals surface area (Å²) in [7, 11) is 0. The molecule has 1 unspecified atom stereocenters. The number of rotatable bonds is 1. The number of hydrogen-bond acceptors (Lipinski definition) is 2. The van der Waals surface area contributed by atoms with Crippen molar-refractivity contribution in [3.8, 4) is 0 Å². The highest BCUT2D eigenvalue weighted by atomic mass is 15.3. The number of benzene rings is 1. The maximum Gasteiger partial charge on any atom is 0.0723 e. The Morgan fingerprint density at radius 2 is 1.88 bits per heavy atom. The largest absolute Gasteiger partial charge is 0.302 e. The summed E-state index contributed by atoms with van der Waals surface area (Å²) in [5.41, 5.74) is 6.04. The highest BCUT2D eigenvalue weighted by Gasteiger charge is 2.27. The lowest BCUT2D eigenvalue weighted by Gasteiger charge is -2.32. The molecule has 2 heteroatoms. The number of fused-ring (bicyclic) bond motifs is 1. The fourth-order valence-corrected chi connectivity index (χ4v) is 3.00. The topological polar surface area (TPSA) is 24.4 Å². The van der Waals surface area contributed by atoms with Gasteiger partial charge in [0.15, 0.2) is 0 Å². The van der Waals surface area contributed by atoms with Crippen molar-refractivity contribution in [3.63, 3.8) is 0 Å². The van der Waals surface area contributed by atoms with E-state index in [1.807, 2.05) is 6.21 Å². The van der Waals surface area contributed by atoms with Crippen LogP contribution in [0.2, 0.25) is 0 Å². The molecule has 1 heterocycles. The zero-order chi connectivity index (χ0) is 10.8. The van der Waals surface area contributed by atoms with Crippen molar-refractivity contribution < 1.29 is 0 Å². The molecule has 2 nitrogen and oxygen atoms in total. The minimum absolute atomic E-state index is 0.446. The normalized spacial score (nSPS) is 24.9. The first-order chi connectivity index (χ1) is 7.95. The summed E-state index contributed by atoms with van der Waals surface area (Å²) in [5.74, 6) is 0.771. The Hall–Kier alpha value is -1.31. The molecule has 1 atom stereocenters. The molecule has 1 aliphatic heterocycles. The van der Waals surface area contributed by atoms with Gasteiger partial charge in [-0.05, 0) is 29.9 Å². The molecule has 3 rings (SSSR count). The van der Waals surface area contributed by atoms with Crippen molar-refractivity contribution in [2.24, 2.45) is 11.0 Å². The minimum Gasteiger partial charge on any atom is -0.302 e. The molecule has 1 fully saturated rings. The van der Waals surface area contributed by atoms with Crippen LogP contribution in [0.4, 0.5) is 0 Å². The quantitative estimate of drug-likeness (QED) is 0.762. The lowest BCUT2D eigenvalue weighted by molar-refractivity contribution is 0.272. The summed E-state index contributed by atoms with van der Waals surface area (Å²) in [6.07, 6.45) is 8.81. The molecule has 1 aromatic rings. The molecule has 1 saturated carbocycles. The van der Waals surface area contributed by atoms with E-state index in [1.165, 1.54) is 43.2 Å². The maximum absolute atomic E-state index is 4.30. The monoisotopic (exact) mass is 214 g/mol. The zero-order valence-electron chi connectivity index (χ0n) is 9.52. The van der Waals surface area contributed by atoms with Crippen LogP contribution in [0.3, 0.4) is 0 Å². The highest BCUT2D eigenvalue weighted by Crippen LogP contribution is 2.36. The van der Waals surface area contributed by atoms with Gasteiger partial charge in [-0.15, -0.1) is 0 Å². The first-order valence-corrected chi connectivity index (χ1v) is 6.33. The molecule has 0 aromatic heterocycles. The van der Waals surface area contributed by atoms with Crippen molar-refractivity contribution >= 4 is 6.21 Å². The predicted molar refractivity (Wildman–Crippen MR) is 66.5 cm³/mol. The van der Waals surface area contributed by atoms with Crippen molar-refractivity contribution in [2.45, 2.75) is 38.1 Å². The van der Waals surface area contributed by atoms with Crippen molar-refractivity contribution in [2.75, 3.05) is 0 Å². The van der Waals surface area contributed by atoms with Crippen molar-refractivity contribution in [3.05, 3.63) is 35.4 Å². The van der Waals surface area contributed by atoms with Gasteiger partial charge in [0, 0.05) is 0 Å². The van der Waals surface area contributed by atoms with Crippen LogP contribution in [0.5, 0.6) is 0 Å². The van der Waals surface area contributed by atoms with Gasteiger partial charge in [0.25, 0.3) is 0 Å². The Kier molecular flexibility index (Phi) is 2.65. The van der Waals surface area contributed by atoms with Gasteiger partial charge in [-0.2, -0.15) is 5.10 Å². The number of hydrazone groups is 1. The molecular weight excluding hydrogens is 196 g/mol. The van der Waals surface area contributed by atoms with E-state index in [1.54, 1.807) is 0 Å². The molecule has 0 spiro atoms. The van der Waals surface area contributed by atoms with Crippen LogP contribution in [0.1, 0.15) is 49.3 Å².